The van der Waals surface area contributed by atoms with Crippen molar-refractivity contribution in [3.63, 3.8) is 0 Å². The lowest BCUT2D eigenvalue weighted by molar-refractivity contribution is -0.141. The maximum absolute atomic E-state index is 13.9. The number of hydrogen-bond acceptors (Lipinski definition) is 4. The number of carbonyl (C=O) groups is 2. The summed E-state index contributed by atoms with van der Waals surface area (Å²) in [6.45, 7) is 8.34. The number of sulfonamides is 1. The standard InChI is InChI=1S/C33H43N3O4S/c1-6-27(4)34-33(38)31(23-28-13-8-7-9-14-28)35(24-29-15-10-12-26(3)22-29)32(37)16-11-21-36(41(5,39)40)30-19-17-25(2)18-20-30/h7-10,12-15,17-20,22,27,31H,6,11,16,21,23-24H2,1-5H3,(H,34,38)/t27-,31-/m0/s1. The zero-order chi connectivity index (χ0) is 30.0. The molecule has 8 heteroatoms. The summed E-state index contributed by atoms with van der Waals surface area (Å²) in [4.78, 5) is 29.2. The van der Waals surface area contributed by atoms with Crippen LogP contribution in [0.4, 0.5) is 5.69 Å². The molecule has 0 saturated heterocycles. The minimum absolute atomic E-state index is 0.0328. The average molecular weight is 578 g/mol. The van der Waals surface area contributed by atoms with Crippen LogP contribution in [-0.2, 0) is 32.6 Å². The summed E-state index contributed by atoms with van der Waals surface area (Å²) in [6.07, 6.45) is 2.74. The highest BCUT2D eigenvalue weighted by Gasteiger charge is 2.31. The molecule has 0 radical (unpaired) electrons. The number of amides is 2. The minimum atomic E-state index is -3.54. The van der Waals surface area contributed by atoms with Gasteiger partial charge in [0.2, 0.25) is 21.8 Å². The molecule has 2 atom stereocenters. The zero-order valence-electron chi connectivity index (χ0n) is 24.8. The largest absolute Gasteiger partial charge is 0.352 e. The fraction of sp³-hybridized carbons (Fsp3) is 0.394. The van der Waals surface area contributed by atoms with Crippen molar-refractivity contribution in [1.82, 2.24) is 10.2 Å². The fourth-order valence-electron chi connectivity index (χ4n) is 4.72. The Hall–Kier alpha value is -3.65. The molecule has 0 spiro atoms. The first-order chi connectivity index (χ1) is 19.5. The molecule has 0 aliphatic carbocycles. The first-order valence-electron chi connectivity index (χ1n) is 14.2. The highest BCUT2D eigenvalue weighted by Crippen LogP contribution is 2.21. The van der Waals surface area contributed by atoms with E-state index in [1.54, 1.807) is 17.0 Å². The van der Waals surface area contributed by atoms with E-state index < -0.39 is 16.1 Å². The Morgan fingerprint density at radius 1 is 0.878 bits per heavy atom. The third-order valence-corrected chi connectivity index (χ3v) is 8.38. The minimum Gasteiger partial charge on any atom is -0.352 e. The normalized spacial score (nSPS) is 12.8. The molecule has 0 unspecified atom stereocenters. The van der Waals surface area contributed by atoms with Gasteiger partial charge in [0.05, 0.1) is 11.9 Å². The molecule has 3 rings (SSSR count). The predicted octanol–water partition coefficient (Wildman–Crippen LogP) is 5.40. The quantitative estimate of drug-likeness (QED) is 0.278. The molecule has 1 N–H and O–H groups in total. The lowest BCUT2D eigenvalue weighted by atomic mass is 10.0. The maximum Gasteiger partial charge on any atom is 0.243 e. The highest BCUT2D eigenvalue weighted by molar-refractivity contribution is 7.92. The van der Waals surface area contributed by atoms with Gasteiger partial charge in [0.25, 0.3) is 0 Å². The van der Waals surface area contributed by atoms with Gasteiger partial charge in [0, 0.05) is 32.0 Å². The number of carbonyl (C=O) groups excluding carboxylic acids is 2. The highest BCUT2D eigenvalue weighted by atomic mass is 32.2. The van der Waals surface area contributed by atoms with Crippen LogP contribution in [-0.4, -0.2) is 50.0 Å². The van der Waals surface area contributed by atoms with Crippen molar-refractivity contribution >= 4 is 27.5 Å². The van der Waals surface area contributed by atoms with Crippen LogP contribution in [0.15, 0.2) is 78.9 Å². The second-order valence-corrected chi connectivity index (χ2v) is 12.7. The summed E-state index contributed by atoms with van der Waals surface area (Å²) >= 11 is 0. The third-order valence-electron chi connectivity index (χ3n) is 7.18. The molecule has 7 nitrogen and oxygen atoms in total. The van der Waals surface area contributed by atoms with Crippen molar-refractivity contribution in [1.29, 1.82) is 0 Å². The predicted molar refractivity (Wildman–Crippen MR) is 166 cm³/mol. The first kappa shape index (κ1) is 31.9. The monoisotopic (exact) mass is 577 g/mol. The molecule has 41 heavy (non-hydrogen) atoms. The molecule has 3 aromatic carbocycles. The Labute approximate surface area is 245 Å². The van der Waals surface area contributed by atoms with Gasteiger partial charge in [-0.1, -0.05) is 84.8 Å². The number of rotatable bonds is 14. The Kier molecular flexibility index (Phi) is 11.5. The first-order valence-corrected chi connectivity index (χ1v) is 16.1. The van der Waals surface area contributed by atoms with Gasteiger partial charge >= 0.3 is 0 Å². The van der Waals surface area contributed by atoms with E-state index in [1.807, 2.05) is 94.4 Å². The van der Waals surface area contributed by atoms with Crippen LogP contribution >= 0.6 is 0 Å². The molecule has 0 bridgehead atoms. The van der Waals surface area contributed by atoms with Crippen LogP contribution in [0.3, 0.4) is 0 Å². The number of nitrogens with zero attached hydrogens (tertiary/aromatic N) is 2. The smallest absolute Gasteiger partial charge is 0.243 e. The average Bonchev–Trinajstić information content (AvgIpc) is 2.93. The van der Waals surface area contributed by atoms with E-state index in [1.165, 1.54) is 10.6 Å². The molecular formula is C33H43N3O4S. The molecule has 0 aliphatic heterocycles. The molecule has 0 saturated carbocycles. The zero-order valence-corrected chi connectivity index (χ0v) is 25.7. The number of anilines is 1. The third kappa shape index (κ3) is 9.74. The van der Waals surface area contributed by atoms with Crippen LogP contribution in [0.2, 0.25) is 0 Å². The molecule has 220 valence electrons. The summed E-state index contributed by atoms with van der Waals surface area (Å²) in [6, 6.07) is 24.2. The van der Waals surface area contributed by atoms with Crippen molar-refractivity contribution in [3.8, 4) is 0 Å². The number of aryl methyl sites for hydroxylation is 2. The Morgan fingerprint density at radius 2 is 1.54 bits per heavy atom. The van der Waals surface area contributed by atoms with Crippen molar-refractivity contribution < 1.29 is 18.0 Å². The van der Waals surface area contributed by atoms with Crippen molar-refractivity contribution in [2.45, 2.75) is 72.0 Å². The molecule has 0 heterocycles. The summed E-state index contributed by atoms with van der Waals surface area (Å²) in [5.74, 6) is -0.384. The van der Waals surface area contributed by atoms with E-state index in [0.29, 0.717) is 18.5 Å². The molecule has 3 aromatic rings. The summed E-state index contributed by atoms with van der Waals surface area (Å²) in [5.41, 5.74) is 4.56. The lowest BCUT2D eigenvalue weighted by Gasteiger charge is -2.33. The second kappa shape index (κ2) is 14.8. The van der Waals surface area contributed by atoms with Gasteiger partial charge in [-0.3, -0.25) is 13.9 Å². The van der Waals surface area contributed by atoms with Crippen LogP contribution in [0.25, 0.3) is 0 Å². The van der Waals surface area contributed by atoms with E-state index in [2.05, 4.69) is 5.32 Å². The van der Waals surface area contributed by atoms with Gasteiger partial charge < -0.3 is 10.2 Å². The van der Waals surface area contributed by atoms with Crippen LogP contribution in [0, 0.1) is 13.8 Å². The van der Waals surface area contributed by atoms with Gasteiger partial charge in [0.1, 0.15) is 6.04 Å². The van der Waals surface area contributed by atoms with E-state index >= 15 is 0 Å². The molecule has 0 aromatic heterocycles. The van der Waals surface area contributed by atoms with Crippen molar-refractivity contribution in [3.05, 3.63) is 101 Å². The van der Waals surface area contributed by atoms with E-state index in [4.69, 9.17) is 0 Å². The summed E-state index contributed by atoms with van der Waals surface area (Å²) < 4.78 is 26.6. The molecular weight excluding hydrogens is 534 g/mol. The van der Waals surface area contributed by atoms with Crippen LogP contribution < -0.4 is 9.62 Å². The molecule has 0 fully saturated rings. The Bertz CT molecular complexity index is 1390. The van der Waals surface area contributed by atoms with Gasteiger partial charge in [0.15, 0.2) is 0 Å². The van der Waals surface area contributed by atoms with Crippen LogP contribution in [0.5, 0.6) is 0 Å². The fourth-order valence-corrected chi connectivity index (χ4v) is 5.68. The summed E-state index contributed by atoms with van der Waals surface area (Å²) in [7, 11) is -3.54. The van der Waals surface area contributed by atoms with E-state index in [0.717, 1.165) is 28.7 Å². The van der Waals surface area contributed by atoms with Crippen molar-refractivity contribution in [2.75, 3.05) is 17.1 Å². The van der Waals surface area contributed by atoms with Gasteiger partial charge in [-0.15, -0.1) is 0 Å². The van der Waals surface area contributed by atoms with E-state index in [-0.39, 0.29) is 37.4 Å². The number of hydrogen-bond donors (Lipinski definition) is 1. The van der Waals surface area contributed by atoms with E-state index in [9.17, 15) is 18.0 Å². The molecule has 2 amide bonds. The topological polar surface area (TPSA) is 86.8 Å². The number of benzene rings is 3. The van der Waals surface area contributed by atoms with Gasteiger partial charge in [-0.2, -0.15) is 0 Å². The van der Waals surface area contributed by atoms with Gasteiger partial charge in [-0.25, -0.2) is 8.42 Å². The van der Waals surface area contributed by atoms with Gasteiger partial charge in [-0.05, 0) is 56.9 Å². The number of nitrogens with one attached hydrogen (secondary N) is 1. The van der Waals surface area contributed by atoms with Crippen LogP contribution in [0.1, 0.15) is 55.4 Å². The molecule has 0 aliphatic rings. The Morgan fingerprint density at radius 3 is 2.15 bits per heavy atom. The van der Waals surface area contributed by atoms with Crippen molar-refractivity contribution in [2.24, 2.45) is 0 Å². The second-order valence-electron chi connectivity index (χ2n) is 10.8. The maximum atomic E-state index is 13.9. The Balaban J connectivity index is 1.89. The summed E-state index contributed by atoms with van der Waals surface area (Å²) in [5, 5.41) is 3.08. The SMILES string of the molecule is CC[C@H](C)NC(=O)[C@H](Cc1ccccc1)N(Cc1cccc(C)c1)C(=O)CCCN(c1ccc(C)cc1)S(C)(=O)=O. The lowest BCUT2D eigenvalue weighted by Crippen LogP contribution is -2.52.